The van der Waals surface area contributed by atoms with Gasteiger partial charge in [0.2, 0.25) is 0 Å². The summed E-state index contributed by atoms with van der Waals surface area (Å²) < 4.78 is 12.0. The Kier molecular flexibility index (Phi) is 3.21. The first-order chi connectivity index (χ1) is 15.3. The number of nitrogens with zero attached hydrogens (tertiary/aromatic N) is 2. The Bertz CT molecular complexity index is 1750. The number of H-pyrrole nitrogens is 1. The zero-order chi connectivity index (χ0) is 20.4. The van der Waals surface area contributed by atoms with Gasteiger partial charge in [-0.15, -0.1) is 0 Å². The molecule has 7 aromatic rings. The fraction of sp³-hybridized carbons (Fsp3) is 0. The topological polar surface area (TPSA) is 67.8 Å². The van der Waals surface area contributed by atoms with Crippen molar-refractivity contribution in [1.82, 2.24) is 15.2 Å². The molecule has 0 aliphatic heterocycles. The second kappa shape index (κ2) is 6.06. The van der Waals surface area contributed by atoms with Crippen molar-refractivity contribution in [2.45, 2.75) is 0 Å². The first-order valence-corrected chi connectivity index (χ1v) is 10.1. The van der Waals surface area contributed by atoms with Crippen molar-refractivity contribution in [1.29, 1.82) is 0 Å². The van der Waals surface area contributed by atoms with Crippen LogP contribution in [0, 0.1) is 0 Å². The Morgan fingerprint density at radius 3 is 2.23 bits per heavy atom. The molecule has 5 nitrogen and oxygen atoms in total. The molecule has 0 unspecified atom stereocenters. The van der Waals surface area contributed by atoms with Crippen LogP contribution < -0.4 is 0 Å². The van der Waals surface area contributed by atoms with Crippen LogP contribution in [-0.4, -0.2) is 15.2 Å². The van der Waals surface area contributed by atoms with Gasteiger partial charge in [0.15, 0.2) is 11.6 Å². The number of benzene rings is 4. The van der Waals surface area contributed by atoms with E-state index in [4.69, 9.17) is 13.8 Å². The molecule has 4 aromatic carbocycles. The number of aromatic nitrogens is 3. The molecule has 0 spiro atoms. The molecule has 7 rings (SSSR count). The molecule has 0 aliphatic carbocycles. The minimum Gasteiger partial charge on any atom is -0.456 e. The first-order valence-electron chi connectivity index (χ1n) is 10.1. The second-order valence-electron chi connectivity index (χ2n) is 7.59. The molecule has 0 fully saturated rings. The van der Waals surface area contributed by atoms with E-state index in [9.17, 15) is 0 Å². The van der Waals surface area contributed by atoms with Crippen molar-refractivity contribution in [3.8, 4) is 22.8 Å². The zero-order valence-electron chi connectivity index (χ0n) is 16.3. The van der Waals surface area contributed by atoms with E-state index in [1.165, 1.54) is 0 Å². The van der Waals surface area contributed by atoms with Gasteiger partial charge in [-0.1, -0.05) is 54.6 Å². The standard InChI is InChI=1S/C26H15N3O2/c1-3-9-20-16(6-1)17-13-12-15(14-23(17)31-20)25-27-26(29-28-25)19-8-5-11-22-24(19)18-7-2-4-10-21(18)30-22/h1-14H,(H,27,28,29). The fourth-order valence-corrected chi connectivity index (χ4v) is 4.35. The van der Waals surface area contributed by atoms with Crippen LogP contribution in [0.1, 0.15) is 0 Å². The predicted molar refractivity (Wildman–Crippen MR) is 122 cm³/mol. The molecule has 0 bridgehead atoms. The highest BCUT2D eigenvalue weighted by Crippen LogP contribution is 2.36. The number of furan rings is 2. The van der Waals surface area contributed by atoms with Crippen molar-refractivity contribution < 1.29 is 8.83 Å². The lowest BCUT2D eigenvalue weighted by Crippen LogP contribution is -1.83. The third-order valence-corrected chi connectivity index (χ3v) is 5.78. The van der Waals surface area contributed by atoms with E-state index in [-0.39, 0.29) is 0 Å². The van der Waals surface area contributed by atoms with Crippen LogP contribution in [0.25, 0.3) is 66.7 Å². The molecule has 0 radical (unpaired) electrons. The van der Waals surface area contributed by atoms with Crippen molar-refractivity contribution in [2.75, 3.05) is 0 Å². The van der Waals surface area contributed by atoms with Crippen LogP contribution in [0.15, 0.2) is 93.8 Å². The lowest BCUT2D eigenvalue weighted by atomic mass is 10.1. The normalized spacial score (nSPS) is 11.9. The first kappa shape index (κ1) is 16.4. The van der Waals surface area contributed by atoms with Gasteiger partial charge < -0.3 is 8.83 Å². The highest BCUT2D eigenvalue weighted by atomic mass is 16.3. The maximum Gasteiger partial charge on any atom is 0.181 e. The molecule has 0 saturated carbocycles. The third-order valence-electron chi connectivity index (χ3n) is 5.78. The Hall–Kier alpha value is -4.38. The Labute approximate surface area is 175 Å². The van der Waals surface area contributed by atoms with Gasteiger partial charge in [0, 0.05) is 32.7 Å². The summed E-state index contributed by atoms with van der Waals surface area (Å²) in [6.07, 6.45) is 0. The van der Waals surface area contributed by atoms with Gasteiger partial charge in [0.05, 0.1) is 0 Å². The van der Waals surface area contributed by atoms with Crippen molar-refractivity contribution >= 4 is 43.9 Å². The number of hydrogen-bond donors (Lipinski definition) is 1. The van der Waals surface area contributed by atoms with Crippen LogP contribution in [0.3, 0.4) is 0 Å². The van der Waals surface area contributed by atoms with Crippen LogP contribution in [0.2, 0.25) is 0 Å². The quantitative estimate of drug-likeness (QED) is 0.341. The van der Waals surface area contributed by atoms with Crippen LogP contribution in [0.4, 0.5) is 0 Å². The number of hydrogen-bond acceptors (Lipinski definition) is 4. The SMILES string of the molecule is c1ccc2c(c1)oc1cc(-c3n[nH]c(-c4cccc5oc6ccccc6c45)n3)ccc12. The molecule has 3 aromatic heterocycles. The second-order valence-corrected chi connectivity index (χ2v) is 7.59. The van der Waals surface area contributed by atoms with E-state index < -0.39 is 0 Å². The molecule has 146 valence electrons. The highest BCUT2D eigenvalue weighted by Gasteiger charge is 2.16. The van der Waals surface area contributed by atoms with Crippen molar-refractivity contribution in [2.24, 2.45) is 0 Å². The average Bonchev–Trinajstić information content (AvgIpc) is 3.53. The lowest BCUT2D eigenvalue weighted by Gasteiger charge is -1.99. The largest absolute Gasteiger partial charge is 0.456 e. The van der Waals surface area contributed by atoms with Gasteiger partial charge in [-0.25, -0.2) is 4.98 Å². The number of fused-ring (bicyclic) bond motifs is 6. The van der Waals surface area contributed by atoms with E-state index >= 15 is 0 Å². The summed E-state index contributed by atoms with van der Waals surface area (Å²) in [7, 11) is 0. The van der Waals surface area contributed by atoms with Crippen molar-refractivity contribution in [3.63, 3.8) is 0 Å². The van der Waals surface area contributed by atoms with E-state index in [1.807, 2.05) is 66.7 Å². The summed E-state index contributed by atoms with van der Waals surface area (Å²) in [5, 5.41) is 11.9. The van der Waals surface area contributed by atoms with Gasteiger partial charge in [0.25, 0.3) is 0 Å². The molecule has 31 heavy (non-hydrogen) atoms. The van der Waals surface area contributed by atoms with Crippen LogP contribution in [-0.2, 0) is 0 Å². The molecular weight excluding hydrogens is 386 g/mol. The van der Waals surface area contributed by atoms with Gasteiger partial charge in [-0.05, 0) is 30.3 Å². The van der Waals surface area contributed by atoms with E-state index in [1.54, 1.807) is 0 Å². The minimum atomic E-state index is 0.627. The predicted octanol–water partition coefficient (Wildman–Crippen LogP) is 6.94. The smallest absolute Gasteiger partial charge is 0.181 e. The summed E-state index contributed by atoms with van der Waals surface area (Å²) in [6.45, 7) is 0. The number of rotatable bonds is 2. The number of aromatic amines is 1. The molecule has 3 heterocycles. The number of para-hydroxylation sites is 2. The van der Waals surface area contributed by atoms with Crippen LogP contribution >= 0.6 is 0 Å². The molecule has 5 heteroatoms. The van der Waals surface area contributed by atoms with Crippen molar-refractivity contribution in [3.05, 3.63) is 84.9 Å². The van der Waals surface area contributed by atoms with Gasteiger partial charge in [-0.3, -0.25) is 5.10 Å². The highest BCUT2D eigenvalue weighted by molar-refractivity contribution is 6.11. The Morgan fingerprint density at radius 2 is 1.32 bits per heavy atom. The monoisotopic (exact) mass is 401 g/mol. The maximum atomic E-state index is 6.02. The third kappa shape index (κ3) is 2.37. The summed E-state index contributed by atoms with van der Waals surface area (Å²) in [6, 6.07) is 28.2. The molecule has 0 saturated heterocycles. The molecule has 0 atom stereocenters. The lowest BCUT2D eigenvalue weighted by molar-refractivity contribution is 0.668. The van der Waals surface area contributed by atoms with Gasteiger partial charge >= 0.3 is 0 Å². The molecular formula is C26H15N3O2. The average molecular weight is 401 g/mol. The summed E-state index contributed by atoms with van der Waals surface area (Å²) >= 11 is 0. The van der Waals surface area contributed by atoms with E-state index in [2.05, 4.69) is 28.4 Å². The Morgan fingerprint density at radius 1 is 0.613 bits per heavy atom. The summed E-state index contributed by atoms with van der Waals surface area (Å²) in [4.78, 5) is 4.80. The van der Waals surface area contributed by atoms with Gasteiger partial charge in [-0.2, -0.15) is 5.10 Å². The fourth-order valence-electron chi connectivity index (χ4n) is 4.35. The summed E-state index contributed by atoms with van der Waals surface area (Å²) in [5.41, 5.74) is 5.27. The van der Waals surface area contributed by atoms with Crippen LogP contribution in [0.5, 0.6) is 0 Å². The molecule has 0 aliphatic rings. The van der Waals surface area contributed by atoms with Gasteiger partial charge in [0.1, 0.15) is 22.3 Å². The summed E-state index contributed by atoms with van der Waals surface area (Å²) in [5.74, 6) is 1.33. The van der Waals surface area contributed by atoms with E-state index in [0.717, 1.165) is 55.0 Å². The number of nitrogens with one attached hydrogen (secondary N) is 1. The van der Waals surface area contributed by atoms with E-state index in [0.29, 0.717) is 11.6 Å². The molecule has 1 N–H and O–H groups in total. The minimum absolute atomic E-state index is 0.627. The zero-order valence-corrected chi connectivity index (χ0v) is 16.3. The Balaban J connectivity index is 1.38. The maximum absolute atomic E-state index is 6.02. The molecule has 0 amide bonds.